The topological polar surface area (TPSA) is 52.3 Å². The normalized spacial score (nSPS) is 10.3. The summed E-state index contributed by atoms with van der Waals surface area (Å²) in [6.07, 6.45) is 1.86. The monoisotopic (exact) mass is 261 g/mol. The van der Waals surface area contributed by atoms with Gasteiger partial charge in [-0.1, -0.05) is 30.3 Å². The summed E-state index contributed by atoms with van der Waals surface area (Å²) in [7, 11) is 0. The van der Waals surface area contributed by atoms with Gasteiger partial charge in [0, 0.05) is 11.8 Å². The van der Waals surface area contributed by atoms with Gasteiger partial charge in [0.2, 0.25) is 0 Å². The highest BCUT2D eigenvalue weighted by molar-refractivity contribution is 7.16. The lowest BCUT2D eigenvalue weighted by molar-refractivity contribution is -0.131. The summed E-state index contributed by atoms with van der Waals surface area (Å²) in [6.45, 7) is 1.38. The molecule has 0 aliphatic heterocycles. The van der Waals surface area contributed by atoms with Crippen molar-refractivity contribution in [2.24, 2.45) is 0 Å². The Bertz CT molecular complexity index is 534. The van der Waals surface area contributed by atoms with Crippen LogP contribution >= 0.6 is 11.3 Å². The highest BCUT2D eigenvalue weighted by Crippen LogP contribution is 2.32. The van der Waals surface area contributed by atoms with Gasteiger partial charge >= 0.3 is 5.97 Å². The molecular formula is C14H15NO2S. The van der Waals surface area contributed by atoms with Crippen molar-refractivity contribution in [1.82, 2.24) is 0 Å². The van der Waals surface area contributed by atoms with Gasteiger partial charge in [-0.2, -0.15) is 0 Å². The minimum atomic E-state index is -0.339. The molecule has 1 aromatic heterocycles. The van der Waals surface area contributed by atoms with Crippen molar-refractivity contribution >= 4 is 22.3 Å². The Morgan fingerprint density at radius 3 is 2.67 bits per heavy atom. The van der Waals surface area contributed by atoms with Gasteiger partial charge in [-0.25, -0.2) is 0 Å². The standard InChI is InChI=1S/C14H15NO2S/c1-10(16)17-13-9-12(18-14(13)15)8-7-11-5-3-2-4-6-11/h2-6,9H,7-8,15H2,1H3. The molecular weight excluding hydrogens is 246 g/mol. The van der Waals surface area contributed by atoms with Crippen molar-refractivity contribution < 1.29 is 9.53 Å². The van der Waals surface area contributed by atoms with Gasteiger partial charge in [0.25, 0.3) is 0 Å². The van der Waals surface area contributed by atoms with Crippen LogP contribution in [0.5, 0.6) is 5.75 Å². The van der Waals surface area contributed by atoms with Crippen molar-refractivity contribution in [3.05, 3.63) is 46.8 Å². The molecule has 0 spiro atoms. The molecule has 2 rings (SSSR count). The van der Waals surface area contributed by atoms with E-state index < -0.39 is 0 Å². The average molecular weight is 261 g/mol. The third-order valence-corrected chi connectivity index (χ3v) is 3.54. The fourth-order valence-corrected chi connectivity index (χ4v) is 2.56. The zero-order valence-corrected chi connectivity index (χ0v) is 11.0. The number of nitrogen functional groups attached to an aromatic ring is 1. The van der Waals surface area contributed by atoms with Gasteiger partial charge in [0.1, 0.15) is 5.00 Å². The molecule has 0 aliphatic carbocycles. The largest absolute Gasteiger partial charge is 0.424 e. The quantitative estimate of drug-likeness (QED) is 0.861. The summed E-state index contributed by atoms with van der Waals surface area (Å²) in [5.41, 5.74) is 7.09. The SMILES string of the molecule is CC(=O)Oc1cc(CCc2ccccc2)sc1N. The molecule has 0 saturated carbocycles. The molecule has 4 heteroatoms. The van der Waals surface area contributed by atoms with E-state index in [1.54, 1.807) is 0 Å². The van der Waals surface area contributed by atoms with E-state index >= 15 is 0 Å². The van der Waals surface area contributed by atoms with Crippen LogP contribution in [0.3, 0.4) is 0 Å². The Morgan fingerprint density at radius 1 is 1.28 bits per heavy atom. The number of thiophene rings is 1. The summed E-state index contributed by atoms with van der Waals surface area (Å²) < 4.78 is 5.02. The Morgan fingerprint density at radius 2 is 2.00 bits per heavy atom. The Hall–Kier alpha value is -1.81. The number of nitrogens with two attached hydrogens (primary N) is 1. The molecule has 2 aromatic rings. The maximum absolute atomic E-state index is 10.9. The minimum absolute atomic E-state index is 0.339. The Labute approximate surface area is 110 Å². The number of carbonyl (C=O) groups is 1. The molecule has 0 fully saturated rings. The van der Waals surface area contributed by atoms with Crippen LogP contribution in [-0.2, 0) is 17.6 Å². The Kier molecular flexibility index (Phi) is 3.99. The van der Waals surface area contributed by atoms with Crippen molar-refractivity contribution in [2.45, 2.75) is 19.8 Å². The van der Waals surface area contributed by atoms with Gasteiger partial charge in [0.15, 0.2) is 5.75 Å². The van der Waals surface area contributed by atoms with Crippen LogP contribution in [0.2, 0.25) is 0 Å². The second kappa shape index (κ2) is 5.69. The van der Waals surface area contributed by atoms with E-state index in [2.05, 4.69) is 12.1 Å². The van der Waals surface area contributed by atoms with Crippen LogP contribution in [0, 0.1) is 0 Å². The number of esters is 1. The zero-order valence-electron chi connectivity index (χ0n) is 10.2. The van der Waals surface area contributed by atoms with Crippen LogP contribution in [0.1, 0.15) is 17.4 Å². The smallest absolute Gasteiger partial charge is 0.308 e. The van der Waals surface area contributed by atoms with E-state index in [1.165, 1.54) is 23.8 Å². The van der Waals surface area contributed by atoms with Crippen LogP contribution in [0.15, 0.2) is 36.4 Å². The van der Waals surface area contributed by atoms with E-state index in [4.69, 9.17) is 10.5 Å². The first-order chi connectivity index (χ1) is 8.65. The third kappa shape index (κ3) is 3.34. The number of ether oxygens (including phenoxy) is 1. The molecule has 1 heterocycles. The van der Waals surface area contributed by atoms with Crippen molar-refractivity contribution in [3.8, 4) is 5.75 Å². The van der Waals surface area contributed by atoms with Crippen LogP contribution in [0.25, 0.3) is 0 Å². The highest BCUT2D eigenvalue weighted by atomic mass is 32.1. The molecule has 1 aromatic carbocycles. The summed E-state index contributed by atoms with van der Waals surface area (Å²) in [5, 5.41) is 0.563. The third-order valence-electron chi connectivity index (χ3n) is 2.53. The number of hydrogen-bond donors (Lipinski definition) is 1. The van der Waals surface area contributed by atoms with Gasteiger partial charge in [0.05, 0.1) is 0 Å². The van der Waals surface area contributed by atoms with Crippen LogP contribution in [0.4, 0.5) is 5.00 Å². The van der Waals surface area contributed by atoms with Gasteiger partial charge < -0.3 is 10.5 Å². The van der Waals surface area contributed by atoms with Crippen LogP contribution in [-0.4, -0.2) is 5.97 Å². The fraction of sp³-hybridized carbons (Fsp3) is 0.214. The highest BCUT2D eigenvalue weighted by Gasteiger charge is 2.09. The van der Waals surface area contributed by atoms with Crippen LogP contribution < -0.4 is 10.5 Å². The number of rotatable bonds is 4. The number of hydrogen-bond acceptors (Lipinski definition) is 4. The lowest BCUT2D eigenvalue weighted by Gasteiger charge is -1.98. The predicted molar refractivity (Wildman–Crippen MR) is 73.9 cm³/mol. The maximum Gasteiger partial charge on any atom is 0.308 e. The molecule has 3 nitrogen and oxygen atoms in total. The average Bonchev–Trinajstić information content (AvgIpc) is 2.68. The van der Waals surface area contributed by atoms with E-state index in [0.29, 0.717) is 10.8 Å². The molecule has 0 atom stereocenters. The summed E-state index contributed by atoms with van der Waals surface area (Å²) in [6, 6.07) is 12.1. The number of anilines is 1. The molecule has 18 heavy (non-hydrogen) atoms. The van der Waals surface area contributed by atoms with Crippen molar-refractivity contribution in [3.63, 3.8) is 0 Å². The minimum Gasteiger partial charge on any atom is -0.424 e. The number of aryl methyl sites for hydroxylation is 2. The van der Waals surface area contributed by atoms with Crippen molar-refractivity contribution in [2.75, 3.05) is 5.73 Å². The first-order valence-electron chi connectivity index (χ1n) is 5.75. The Balaban J connectivity index is 2.00. The number of benzene rings is 1. The first kappa shape index (κ1) is 12.6. The molecule has 0 bridgehead atoms. The van der Waals surface area contributed by atoms with Gasteiger partial charge in [-0.3, -0.25) is 4.79 Å². The lowest BCUT2D eigenvalue weighted by atomic mass is 10.1. The summed E-state index contributed by atoms with van der Waals surface area (Å²) >= 11 is 1.48. The number of carbonyl (C=O) groups excluding carboxylic acids is 1. The van der Waals surface area contributed by atoms with E-state index in [9.17, 15) is 4.79 Å². The predicted octanol–water partition coefficient (Wildman–Crippen LogP) is 3.04. The first-order valence-corrected chi connectivity index (χ1v) is 6.57. The lowest BCUT2D eigenvalue weighted by Crippen LogP contribution is -2.01. The maximum atomic E-state index is 10.9. The second-order valence-electron chi connectivity index (χ2n) is 4.02. The molecule has 2 N–H and O–H groups in total. The summed E-state index contributed by atoms with van der Waals surface area (Å²) in [5.74, 6) is 0.143. The van der Waals surface area contributed by atoms with Crippen molar-refractivity contribution in [1.29, 1.82) is 0 Å². The molecule has 0 aliphatic rings. The molecule has 0 amide bonds. The van der Waals surface area contributed by atoms with E-state index in [0.717, 1.165) is 17.7 Å². The fourth-order valence-electron chi connectivity index (χ4n) is 1.71. The van der Waals surface area contributed by atoms with Gasteiger partial charge in [-0.15, -0.1) is 11.3 Å². The van der Waals surface area contributed by atoms with Gasteiger partial charge in [-0.05, 0) is 24.5 Å². The molecule has 0 radical (unpaired) electrons. The molecule has 0 unspecified atom stereocenters. The van der Waals surface area contributed by atoms with E-state index in [1.807, 2.05) is 24.3 Å². The second-order valence-corrected chi connectivity index (χ2v) is 5.19. The molecule has 94 valence electrons. The summed E-state index contributed by atoms with van der Waals surface area (Å²) in [4.78, 5) is 12.0. The zero-order chi connectivity index (χ0) is 13.0. The van der Waals surface area contributed by atoms with E-state index in [-0.39, 0.29) is 5.97 Å². The molecule has 0 saturated heterocycles.